The number of aliphatic hydroxyl groups is 4. The summed E-state index contributed by atoms with van der Waals surface area (Å²) in [5.41, 5.74) is -2.78. The molecule has 2 spiro atoms. The zero-order valence-electron chi connectivity index (χ0n) is 20.8. The molecule has 11 rings (SSSR count). The van der Waals surface area contributed by atoms with Crippen LogP contribution in [0, 0.1) is 71.0 Å². The summed E-state index contributed by atoms with van der Waals surface area (Å²) in [6, 6.07) is 0. The highest BCUT2D eigenvalue weighted by molar-refractivity contribution is 5.39. The molecule has 0 aromatic rings. The van der Waals surface area contributed by atoms with E-state index in [0.29, 0.717) is 59.2 Å². The summed E-state index contributed by atoms with van der Waals surface area (Å²) in [7, 11) is 0. The summed E-state index contributed by atoms with van der Waals surface area (Å²) < 4.78 is 7.30. The van der Waals surface area contributed by atoms with Crippen LogP contribution in [0.4, 0.5) is 0 Å². The molecule has 9 saturated carbocycles. The fourth-order valence-electron chi connectivity index (χ4n) is 15.3. The normalized spacial score (nSPS) is 74.4. The van der Waals surface area contributed by atoms with Crippen LogP contribution in [-0.4, -0.2) is 55.0 Å². The molecule has 0 aromatic heterocycles. The lowest BCUT2D eigenvalue weighted by atomic mass is 9.24. The van der Waals surface area contributed by atoms with Crippen molar-refractivity contribution in [2.45, 2.75) is 112 Å². The molecule has 5 heteroatoms. The summed E-state index contributed by atoms with van der Waals surface area (Å²) in [5, 5.41) is 48.2. The molecule has 2 heterocycles. The maximum atomic E-state index is 12.8. The van der Waals surface area contributed by atoms with Gasteiger partial charge in [0.25, 0.3) is 0 Å². The van der Waals surface area contributed by atoms with Gasteiger partial charge in [-0.15, -0.1) is 0 Å². The van der Waals surface area contributed by atoms with E-state index in [2.05, 4.69) is 0 Å². The van der Waals surface area contributed by atoms with Gasteiger partial charge in [-0.05, 0) is 124 Å². The van der Waals surface area contributed by atoms with E-state index < -0.39 is 28.5 Å². The standard InChI is InChI=1S/C30H42O5/c31-18-9-16-8-14-4-3-13-5-7-28(34)25-21(13)20(14)22-19(16)17(10-18)12-27(33)11-15-2-1-6-29(26(28)32)23(15)30(25,35-29)24(22)27/h13-26,31-34H,1-12H2. The van der Waals surface area contributed by atoms with Crippen LogP contribution in [0.15, 0.2) is 0 Å². The molecule has 35 heavy (non-hydrogen) atoms. The van der Waals surface area contributed by atoms with Crippen molar-refractivity contribution in [3.63, 3.8) is 0 Å². The number of ether oxygens (including phenoxy) is 1. The Kier molecular flexibility index (Phi) is 3.47. The van der Waals surface area contributed by atoms with Crippen LogP contribution in [0.3, 0.4) is 0 Å². The molecular formula is C30H42O5. The fraction of sp³-hybridized carbons (Fsp3) is 1.00. The van der Waals surface area contributed by atoms with Crippen LogP contribution in [0.2, 0.25) is 0 Å². The maximum absolute atomic E-state index is 12.8. The van der Waals surface area contributed by atoms with Gasteiger partial charge in [0.15, 0.2) is 0 Å². The van der Waals surface area contributed by atoms with Crippen molar-refractivity contribution in [1.29, 1.82) is 0 Å². The molecule has 9 aliphatic carbocycles. The van der Waals surface area contributed by atoms with E-state index in [1.165, 1.54) is 19.3 Å². The third kappa shape index (κ3) is 1.91. The van der Waals surface area contributed by atoms with Crippen LogP contribution >= 0.6 is 0 Å². The molecule has 2 saturated heterocycles. The molecule has 192 valence electrons. The van der Waals surface area contributed by atoms with Gasteiger partial charge in [0.2, 0.25) is 0 Å². The highest BCUT2D eigenvalue weighted by Gasteiger charge is 2.91. The Morgan fingerprint density at radius 1 is 0.629 bits per heavy atom. The average molecular weight is 483 g/mol. The van der Waals surface area contributed by atoms with Crippen molar-refractivity contribution in [2.75, 3.05) is 0 Å². The van der Waals surface area contributed by atoms with Crippen molar-refractivity contribution in [1.82, 2.24) is 0 Å². The van der Waals surface area contributed by atoms with Crippen LogP contribution in [0.1, 0.15) is 77.0 Å². The van der Waals surface area contributed by atoms with E-state index in [4.69, 9.17) is 4.74 Å². The summed E-state index contributed by atoms with van der Waals surface area (Å²) >= 11 is 0. The first-order valence-electron chi connectivity index (χ1n) is 15.3. The largest absolute Gasteiger partial charge is 0.393 e. The van der Waals surface area contributed by atoms with Gasteiger partial charge >= 0.3 is 0 Å². The zero-order valence-corrected chi connectivity index (χ0v) is 20.8. The second-order valence-corrected chi connectivity index (χ2v) is 15.7. The number of hydrogen-bond acceptors (Lipinski definition) is 5. The Labute approximate surface area is 208 Å². The second-order valence-electron chi connectivity index (χ2n) is 15.7. The molecule has 18 atom stereocenters. The van der Waals surface area contributed by atoms with Gasteiger partial charge in [0.1, 0.15) is 11.7 Å². The lowest BCUT2D eigenvalue weighted by Crippen LogP contribution is -2.97. The summed E-state index contributed by atoms with van der Waals surface area (Å²) in [6.45, 7) is 0. The molecule has 2 aliphatic heterocycles. The zero-order chi connectivity index (χ0) is 23.3. The number of aliphatic hydroxyl groups excluding tert-OH is 2. The highest BCUT2D eigenvalue weighted by atomic mass is 16.6. The lowest BCUT2D eigenvalue weighted by Gasteiger charge is -2.88. The van der Waals surface area contributed by atoms with E-state index in [1.54, 1.807) is 0 Å². The predicted octanol–water partition coefficient (Wildman–Crippen LogP) is 2.88. The van der Waals surface area contributed by atoms with Crippen LogP contribution in [-0.2, 0) is 4.74 Å². The molecule has 5 nitrogen and oxygen atoms in total. The summed E-state index contributed by atoms with van der Waals surface area (Å²) in [6.07, 6.45) is 11.1. The Balaban J connectivity index is 1.25. The van der Waals surface area contributed by atoms with E-state index in [0.717, 1.165) is 57.8 Å². The van der Waals surface area contributed by atoms with Gasteiger partial charge in [-0.25, -0.2) is 0 Å². The van der Waals surface area contributed by atoms with Gasteiger partial charge in [-0.3, -0.25) is 0 Å². The minimum absolute atomic E-state index is 0.000573. The first kappa shape index (κ1) is 20.7. The van der Waals surface area contributed by atoms with Crippen molar-refractivity contribution >= 4 is 0 Å². The first-order valence-corrected chi connectivity index (χ1v) is 15.3. The smallest absolute Gasteiger partial charge is 0.112 e. The van der Waals surface area contributed by atoms with Crippen molar-refractivity contribution in [3.8, 4) is 0 Å². The van der Waals surface area contributed by atoms with Gasteiger partial charge in [0.05, 0.1) is 22.9 Å². The van der Waals surface area contributed by atoms with E-state index in [9.17, 15) is 20.4 Å². The Morgan fingerprint density at radius 2 is 1.43 bits per heavy atom. The molecule has 11 aliphatic rings. The first-order chi connectivity index (χ1) is 16.8. The molecule has 0 aromatic carbocycles. The Bertz CT molecular complexity index is 1020. The number of rotatable bonds is 0. The van der Waals surface area contributed by atoms with E-state index in [-0.39, 0.29) is 17.9 Å². The van der Waals surface area contributed by atoms with Crippen molar-refractivity contribution in [3.05, 3.63) is 0 Å². The van der Waals surface area contributed by atoms with E-state index >= 15 is 0 Å². The van der Waals surface area contributed by atoms with Crippen LogP contribution < -0.4 is 0 Å². The monoisotopic (exact) mass is 482 g/mol. The van der Waals surface area contributed by atoms with Gasteiger partial charge in [-0.2, -0.15) is 0 Å². The van der Waals surface area contributed by atoms with Crippen LogP contribution in [0.25, 0.3) is 0 Å². The second kappa shape index (κ2) is 5.86. The van der Waals surface area contributed by atoms with Gasteiger partial charge in [-0.1, -0.05) is 6.42 Å². The third-order valence-corrected chi connectivity index (χ3v) is 15.1. The fourth-order valence-corrected chi connectivity index (χ4v) is 15.3. The summed E-state index contributed by atoms with van der Waals surface area (Å²) in [4.78, 5) is 0. The SMILES string of the molecule is OC1CC2CC3CCC4CCC5(O)C(O)C67CCCC8CC9(O)CC(C1)C2C1C3C4C5C(O6)(C19)C87. The Hall–Kier alpha value is -0.200. The molecule has 4 N–H and O–H groups in total. The highest BCUT2D eigenvalue weighted by Crippen LogP contribution is 2.84. The minimum Gasteiger partial charge on any atom is -0.393 e. The van der Waals surface area contributed by atoms with Crippen LogP contribution in [0.5, 0.6) is 0 Å². The molecule has 2 bridgehead atoms. The predicted molar refractivity (Wildman–Crippen MR) is 126 cm³/mol. The molecular weight excluding hydrogens is 440 g/mol. The quantitative estimate of drug-likeness (QED) is 0.426. The average Bonchev–Trinajstić information content (AvgIpc) is 2.79. The van der Waals surface area contributed by atoms with Crippen molar-refractivity contribution in [2.24, 2.45) is 71.0 Å². The maximum Gasteiger partial charge on any atom is 0.112 e. The molecule has 0 amide bonds. The lowest BCUT2D eigenvalue weighted by molar-refractivity contribution is -0.529. The summed E-state index contributed by atoms with van der Waals surface area (Å²) in [5.74, 6) is 5.27. The minimum atomic E-state index is -1.04. The van der Waals surface area contributed by atoms with Gasteiger partial charge in [0, 0.05) is 17.8 Å². The number of hydrogen-bond donors (Lipinski definition) is 4. The third-order valence-electron chi connectivity index (χ3n) is 15.1. The van der Waals surface area contributed by atoms with Gasteiger partial charge < -0.3 is 25.2 Å². The van der Waals surface area contributed by atoms with E-state index in [1.807, 2.05) is 0 Å². The Morgan fingerprint density at radius 3 is 2.31 bits per heavy atom. The van der Waals surface area contributed by atoms with Crippen molar-refractivity contribution < 1.29 is 25.2 Å². The molecule has 0 radical (unpaired) electrons. The molecule has 11 fully saturated rings. The molecule has 18 unspecified atom stereocenters. The topological polar surface area (TPSA) is 90.2 Å².